The number of aliphatic hydroxyl groups is 1. The van der Waals surface area contributed by atoms with Gasteiger partial charge in [-0.15, -0.1) is 0 Å². The third kappa shape index (κ3) is 1.63. The largest absolute Gasteiger partial charge is 0.512 e. The van der Waals surface area contributed by atoms with Gasteiger partial charge in [-0.3, -0.25) is 4.79 Å². The van der Waals surface area contributed by atoms with Crippen LogP contribution in [0.2, 0.25) is 0 Å². The van der Waals surface area contributed by atoms with E-state index in [9.17, 15) is 9.90 Å². The molecule has 4 aliphatic rings. The first-order valence-corrected chi connectivity index (χ1v) is 8.26. The molecule has 0 aromatic carbocycles. The molecule has 1 saturated heterocycles. The van der Waals surface area contributed by atoms with Gasteiger partial charge in [-0.2, -0.15) is 0 Å². The quantitative estimate of drug-likeness (QED) is 0.682. The second-order valence-corrected chi connectivity index (χ2v) is 7.85. The standard InChI is InChI=1S/C18H24O3/c1-17-9-7-13-11(12(17)4-5-14(17)19)3-6-15-18(13,2)10-8-16(20)21-15/h5-6,11-13,19H,3-4,7-10H2,1-2H3/t11-,12-,13-,17-,18+/m0/s1. The highest BCUT2D eigenvalue weighted by Crippen LogP contribution is 2.63. The highest BCUT2D eigenvalue weighted by molar-refractivity contribution is 5.72. The van der Waals surface area contributed by atoms with Gasteiger partial charge in [-0.25, -0.2) is 0 Å². The Bertz CT molecular complexity index is 561. The Morgan fingerprint density at radius 1 is 1.14 bits per heavy atom. The van der Waals surface area contributed by atoms with Gasteiger partial charge in [0, 0.05) is 17.3 Å². The van der Waals surface area contributed by atoms with E-state index < -0.39 is 0 Å². The predicted molar refractivity (Wildman–Crippen MR) is 79.3 cm³/mol. The van der Waals surface area contributed by atoms with E-state index in [1.807, 2.05) is 6.08 Å². The number of fused-ring (bicyclic) bond motifs is 5. The van der Waals surface area contributed by atoms with Gasteiger partial charge < -0.3 is 9.84 Å². The maximum absolute atomic E-state index is 11.6. The van der Waals surface area contributed by atoms with Crippen LogP contribution in [0.4, 0.5) is 0 Å². The lowest BCUT2D eigenvalue weighted by Gasteiger charge is -2.55. The summed E-state index contributed by atoms with van der Waals surface area (Å²) in [6.07, 6.45) is 9.84. The van der Waals surface area contributed by atoms with Crippen molar-refractivity contribution in [2.75, 3.05) is 0 Å². The first kappa shape index (κ1) is 13.4. The molecule has 3 nitrogen and oxygen atoms in total. The molecular weight excluding hydrogens is 264 g/mol. The third-order valence-corrected chi connectivity index (χ3v) is 7.01. The molecular formula is C18H24O3. The van der Waals surface area contributed by atoms with Crippen molar-refractivity contribution in [3.63, 3.8) is 0 Å². The summed E-state index contributed by atoms with van der Waals surface area (Å²) in [5.74, 6) is 3.21. The van der Waals surface area contributed by atoms with Gasteiger partial charge in [0.05, 0.1) is 5.76 Å². The van der Waals surface area contributed by atoms with Gasteiger partial charge in [0.1, 0.15) is 5.76 Å². The fourth-order valence-electron chi connectivity index (χ4n) is 5.61. The molecule has 0 unspecified atom stereocenters. The second-order valence-electron chi connectivity index (χ2n) is 7.85. The van der Waals surface area contributed by atoms with Gasteiger partial charge >= 0.3 is 5.97 Å². The predicted octanol–water partition coefficient (Wildman–Crippen LogP) is 4.11. The van der Waals surface area contributed by atoms with E-state index in [2.05, 4.69) is 19.9 Å². The Balaban J connectivity index is 1.70. The molecule has 1 N–H and O–H groups in total. The molecule has 0 bridgehead atoms. The smallest absolute Gasteiger partial charge is 0.310 e. The zero-order valence-electron chi connectivity index (χ0n) is 12.9. The van der Waals surface area contributed by atoms with Gasteiger partial charge in [0.2, 0.25) is 0 Å². The minimum absolute atomic E-state index is 0.0196. The zero-order valence-corrected chi connectivity index (χ0v) is 12.9. The first-order valence-electron chi connectivity index (χ1n) is 8.26. The molecule has 2 fully saturated rings. The summed E-state index contributed by atoms with van der Waals surface area (Å²) in [6, 6.07) is 0. The molecule has 3 aliphatic carbocycles. The molecule has 0 radical (unpaired) electrons. The van der Waals surface area contributed by atoms with Crippen LogP contribution in [0.25, 0.3) is 0 Å². The number of hydrogen-bond donors (Lipinski definition) is 1. The average Bonchev–Trinajstić information content (AvgIpc) is 2.76. The molecule has 1 aliphatic heterocycles. The van der Waals surface area contributed by atoms with Crippen LogP contribution in [0.3, 0.4) is 0 Å². The Labute approximate surface area is 126 Å². The van der Waals surface area contributed by atoms with E-state index in [-0.39, 0.29) is 16.8 Å². The molecule has 0 spiro atoms. The SMILES string of the molecule is C[C@]12CCC(=O)OC1=CC[C@@H]1[C@@H]2CC[C@]2(C)C(O)=CC[C@@H]12. The Hall–Kier alpha value is -1.25. The molecule has 21 heavy (non-hydrogen) atoms. The molecule has 0 amide bonds. The summed E-state index contributed by atoms with van der Waals surface area (Å²) in [6.45, 7) is 4.52. The Kier molecular flexibility index (Phi) is 2.65. The lowest BCUT2D eigenvalue weighted by atomic mass is 9.50. The lowest BCUT2D eigenvalue weighted by Crippen LogP contribution is -2.50. The summed E-state index contributed by atoms with van der Waals surface area (Å²) >= 11 is 0. The topological polar surface area (TPSA) is 46.5 Å². The fourth-order valence-corrected chi connectivity index (χ4v) is 5.61. The lowest BCUT2D eigenvalue weighted by molar-refractivity contribution is -0.151. The molecule has 5 atom stereocenters. The van der Waals surface area contributed by atoms with Crippen LogP contribution in [0, 0.1) is 28.6 Å². The minimum atomic E-state index is -0.0713. The van der Waals surface area contributed by atoms with E-state index >= 15 is 0 Å². The maximum Gasteiger partial charge on any atom is 0.310 e. The monoisotopic (exact) mass is 288 g/mol. The summed E-state index contributed by atoms with van der Waals surface area (Å²) in [4.78, 5) is 11.6. The minimum Gasteiger partial charge on any atom is -0.512 e. The molecule has 114 valence electrons. The maximum atomic E-state index is 11.6. The van der Waals surface area contributed by atoms with Gasteiger partial charge in [-0.1, -0.05) is 13.8 Å². The van der Waals surface area contributed by atoms with E-state index in [0.717, 1.165) is 37.9 Å². The molecule has 0 aromatic heterocycles. The summed E-state index contributed by atoms with van der Waals surface area (Å²) in [7, 11) is 0. The van der Waals surface area contributed by atoms with Crippen LogP contribution in [-0.4, -0.2) is 11.1 Å². The van der Waals surface area contributed by atoms with Crippen molar-refractivity contribution in [2.45, 2.75) is 52.4 Å². The van der Waals surface area contributed by atoms with Crippen LogP contribution in [-0.2, 0) is 9.53 Å². The highest BCUT2D eigenvalue weighted by atomic mass is 16.5. The third-order valence-electron chi connectivity index (χ3n) is 7.01. The van der Waals surface area contributed by atoms with Crippen LogP contribution in [0.15, 0.2) is 23.7 Å². The summed E-state index contributed by atoms with van der Waals surface area (Å²) in [5, 5.41) is 10.3. The number of carbonyl (C=O) groups is 1. The molecule has 1 saturated carbocycles. The summed E-state index contributed by atoms with van der Waals surface area (Å²) in [5.41, 5.74) is 0.00454. The van der Waals surface area contributed by atoms with E-state index in [1.54, 1.807) is 0 Å². The average molecular weight is 288 g/mol. The van der Waals surface area contributed by atoms with E-state index in [4.69, 9.17) is 4.74 Å². The van der Waals surface area contributed by atoms with Crippen LogP contribution in [0.5, 0.6) is 0 Å². The normalized spacial score (nSPS) is 48.5. The van der Waals surface area contributed by atoms with E-state index in [0.29, 0.717) is 29.9 Å². The number of rotatable bonds is 0. The van der Waals surface area contributed by atoms with Crippen molar-refractivity contribution in [2.24, 2.45) is 28.6 Å². The molecule has 3 heteroatoms. The Morgan fingerprint density at radius 3 is 2.76 bits per heavy atom. The van der Waals surface area contributed by atoms with Crippen molar-refractivity contribution in [1.82, 2.24) is 0 Å². The highest BCUT2D eigenvalue weighted by Gasteiger charge is 2.57. The van der Waals surface area contributed by atoms with Gasteiger partial charge in [-0.05, 0) is 62.0 Å². The summed E-state index contributed by atoms with van der Waals surface area (Å²) < 4.78 is 5.56. The van der Waals surface area contributed by atoms with Gasteiger partial charge in [0.25, 0.3) is 0 Å². The molecule has 4 rings (SSSR count). The number of ether oxygens (including phenoxy) is 1. The number of hydrogen-bond acceptors (Lipinski definition) is 3. The Morgan fingerprint density at radius 2 is 1.95 bits per heavy atom. The number of allylic oxidation sites excluding steroid dienone is 4. The van der Waals surface area contributed by atoms with Gasteiger partial charge in [0.15, 0.2) is 0 Å². The van der Waals surface area contributed by atoms with E-state index in [1.165, 1.54) is 0 Å². The number of esters is 1. The first-order chi connectivity index (χ1) is 9.95. The fraction of sp³-hybridized carbons (Fsp3) is 0.722. The van der Waals surface area contributed by atoms with Crippen molar-refractivity contribution in [1.29, 1.82) is 0 Å². The van der Waals surface area contributed by atoms with Crippen LogP contribution >= 0.6 is 0 Å². The van der Waals surface area contributed by atoms with Crippen molar-refractivity contribution in [3.8, 4) is 0 Å². The van der Waals surface area contributed by atoms with Crippen LogP contribution in [0.1, 0.15) is 52.4 Å². The molecule has 0 aromatic rings. The number of carbonyl (C=O) groups excluding carboxylic acids is 1. The van der Waals surface area contributed by atoms with Crippen molar-refractivity contribution in [3.05, 3.63) is 23.7 Å². The number of aliphatic hydroxyl groups excluding tert-OH is 1. The van der Waals surface area contributed by atoms with Crippen LogP contribution < -0.4 is 0 Å². The zero-order chi connectivity index (χ0) is 14.8. The second kappa shape index (κ2) is 4.15. The van der Waals surface area contributed by atoms with Crippen molar-refractivity contribution < 1.29 is 14.6 Å². The van der Waals surface area contributed by atoms with Crippen molar-refractivity contribution >= 4 is 5.97 Å². The molecule has 1 heterocycles.